The molecule has 12 nitrogen and oxygen atoms in total. The lowest BCUT2D eigenvalue weighted by molar-refractivity contribution is 0.407. The standard InChI is InChI=1S/2C18H21N3O3S/c1-11-9-19-15(12(2)17(11)24-5)10-25(22)18-20-14-8-13(23-4)6-7-16(14)21(18)3;1-11-9-19-15(12(2)17(11)24-5)10-25(22)18-20-14-7-6-13(23-4)8-16(14)21(18)3/h2*6-9H,10H2,1-5H3/t2*25-/m00/s1. The zero-order chi connectivity index (χ0) is 36.3. The van der Waals surface area contributed by atoms with E-state index in [0.29, 0.717) is 10.3 Å². The minimum Gasteiger partial charge on any atom is -0.497 e. The first-order chi connectivity index (χ1) is 23.9. The van der Waals surface area contributed by atoms with Gasteiger partial charge in [0.1, 0.15) is 23.0 Å². The van der Waals surface area contributed by atoms with Crippen LogP contribution in [-0.2, 0) is 47.2 Å². The highest BCUT2D eigenvalue weighted by atomic mass is 32.2. The molecule has 0 bridgehead atoms. The Morgan fingerprint density at radius 1 is 0.600 bits per heavy atom. The number of methoxy groups -OCH3 is 4. The average molecular weight is 719 g/mol. The van der Waals surface area contributed by atoms with Crippen molar-refractivity contribution in [3.05, 3.63) is 82.4 Å². The van der Waals surface area contributed by atoms with Crippen molar-refractivity contribution < 1.29 is 27.4 Å². The highest BCUT2D eigenvalue weighted by Crippen LogP contribution is 2.29. The van der Waals surface area contributed by atoms with Crippen molar-refractivity contribution in [2.75, 3.05) is 28.4 Å². The number of pyridine rings is 2. The maximum Gasteiger partial charge on any atom is 0.200 e. The van der Waals surface area contributed by atoms with Crippen molar-refractivity contribution in [2.24, 2.45) is 14.1 Å². The number of fused-ring (bicyclic) bond motifs is 2. The van der Waals surface area contributed by atoms with Gasteiger partial charge in [0, 0.05) is 60.9 Å². The Kier molecular flexibility index (Phi) is 11.2. The highest BCUT2D eigenvalue weighted by molar-refractivity contribution is 7.84. The molecule has 2 aromatic carbocycles. The van der Waals surface area contributed by atoms with Crippen LogP contribution >= 0.6 is 0 Å². The van der Waals surface area contributed by atoms with Crippen molar-refractivity contribution >= 4 is 43.7 Å². The molecule has 0 amide bonds. The first kappa shape index (κ1) is 36.5. The van der Waals surface area contributed by atoms with Crippen molar-refractivity contribution in [1.82, 2.24) is 29.1 Å². The molecule has 0 saturated carbocycles. The minimum absolute atomic E-state index is 0.288. The van der Waals surface area contributed by atoms with Crippen LogP contribution < -0.4 is 18.9 Å². The first-order valence-electron chi connectivity index (χ1n) is 15.7. The number of hydrogen-bond donors (Lipinski definition) is 0. The third-order valence-corrected chi connectivity index (χ3v) is 11.2. The number of aromatic nitrogens is 6. The lowest BCUT2D eigenvalue weighted by Crippen LogP contribution is -2.07. The molecular formula is C36H42N6O6S2. The summed E-state index contributed by atoms with van der Waals surface area (Å²) in [6, 6.07) is 11.2. The molecule has 4 aromatic heterocycles. The lowest BCUT2D eigenvalue weighted by atomic mass is 10.1. The summed E-state index contributed by atoms with van der Waals surface area (Å²) in [5, 5.41) is 1.04. The van der Waals surface area contributed by atoms with Gasteiger partial charge in [0.25, 0.3) is 0 Å². The number of aryl methyl sites for hydroxylation is 4. The Bertz CT molecular complexity index is 2180. The van der Waals surface area contributed by atoms with Gasteiger partial charge in [-0.2, -0.15) is 0 Å². The molecule has 0 spiro atoms. The van der Waals surface area contributed by atoms with Crippen LogP contribution in [0.25, 0.3) is 22.1 Å². The summed E-state index contributed by atoms with van der Waals surface area (Å²) < 4.78 is 50.9. The number of rotatable bonds is 10. The molecule has 0 aliphatic heterocycles. The highest BCUT2D eigenvalue weighted by Gasteiger charge is 2.20. The third kappa shape index (κ3) is 7.22. The molecule has 0 saturated heterocycles. The third-order valence-electron chi connectivity index (χ3n) is 8.54. The second-order valence-electron chi connectivity index (χ2n) is 11.7. The molecule has 50 heavy (non-hydrogen) atoms. The summed E-state index contributed by atoms with van der Waals surface area (Å²) in [6.45, 7) is 7.76. The molecule has 2 atom stereocenters. The fraction of sp³-hybridized carbons (Fsp3) is 0.333. The zero-order valence-electron chi connectivity index (χ0n) is 30.0. The minimum atomic E-state index is -1.32. The molecule has 0 radical (unpaired) electrons. The maximum atomic E-state index is 12.9. The van der Waals surface area contributed by atoms with E-state index in [1.54, 1.807) is 40.8 Å². The van der Waals surface area contributed by atoms with Gasteiger partial charge in [0.2, 0.25) is 0 Å². The predicted molar refractivity (Wildman–Crippen MR) is 195 cm³/mol. The number of ether oxygens (including phenoxy) is 4. The average Bonchev–Trinajstić information content (AvgIpc) is 3.63. The monoisotopic (exact) mass is 718 g/mol. The Morgan fingerprint density at radius 3 is 1.56 bits per heavy atom. The van der Waals surface area contributed by atoms with Gasteiger partial charge in [-0.1, -0.05) is 0 Å². The zero-order valence-corrected chi connectivity index (χ0v) is 31.6. The van der Waals surface area contributed by atoms with E-state index < -0.39 is 21.6 Å². The fourth-order valence-electron chi connectivity index (χ4n) is 5.78. The molecule has 0 unspecified atom stereocenters. The van der Waals surface area contributed by atoms with E-state index in [-0.39, 0.29) is 11.5 Å². The predicted octanol–water partition coefficient (Wildman–Crippen LogP) is 5.82. The van der Waals surface area contributed by atoms with E-state index in [1.807, 2.05) is 87.3 Å². The van der Waals surface area contributed by atoms with Crippen LogP contribution in [0.15, 0.2) is 59.1 Å². The molecular weight excluding hydrogens is 677 g/mol. The number of hydrogen-bond acceptors (Lipinski definition) is 10. The summed E-state index contributed by atoms with van der Waals surface area (Å²) in [5.74, 6) is 3.62. The first-order valence-corrected chi connectivity index (χ1v) is 18.3. The molecule has 0 fully saturated rings. The number of benzene rings is 2. The van der Waals surface area contributed by atoms with Crippen molar-refractivity contribution in [3.8, 4) is 23.0 Å². The quantitative estimate of drug-likeness (QED) is 0.171. The van der Waals surface area contributed by atoms with Gasteiger partial charge in [0.05, 0.1) is 95.0 Å². The Morgan fingerprint density at radius 2 is 1.06 bits per heavy atom. The molecule has 14 heteroatoms. The summed E-state index contributed by atoms with van der Waals surface area (Å²) >= 11 is 0. The van der Waals surface area contributed by atoms with Gasteiger partial charge >= 0.3 is 0 Å². The summed E-state index contributed by atoms with van der Waals surface area (Å²) in [4.78, 5) is 17.9. The van der Waals surface area contributed by atoms with Crippen LogP contribution in [-0.4, -0.2) is 65.9 Å². The summed E-state index contributed by atoms with van der Waals surface area (Å²) in [5.41, 5.74) is 8.61. The second-order valence-corrected chi connectivity index (χ2v) is 14.4. The van der Waals surface area contributed by atoms with E-state index >= 15 is 0 Å². The second kappa shape index (κ2) is 15.4. The topological polar surface area (TPSA) is 132 Å². The maximum absolute atomic E-state index is 12.9. The van der Waals surface area contributed by atoms with E-state index in [4.69, 9.17) is 18.9 Å². The molecule has 264 valence electrons. The van der Waals surface area contributed by atoms with Crippen molar-refractivity contribution in [2.45, 2.75) is 49.5 Å². The number of imidazole rings is 2. The molecule has 6 rings (SSSR count). The van der Waals surface area contributed by atoms with Crippen LogP contribution in [0.2, 0.25) is 0 Å². The molecule has 0 aliphatic rings. The van der Waals surface area contributed by atoms with Gasteiger partial charge in [0.15, 0.2) is 10.3 Å². The molecule has 6 aromatic rings. The van der Waals surface area contributed by atoms with Gasteiger partial charge in [-0.05, 0) is 52.0 Å². The van der Waals surface area contributed by atoms with Gasteiger partial charge in [-0.15, -0.1) is 0 Å². The molecule has 0 aliphatic carbocycles. The van der Waals surface area contributed by atoms with E-state index in [1.165, 1.54) is 0 Å². The normalized spacial score (nSPS) is 12.4. The summed E-state index contributed by atoms with van der Waals surface area (Å²) in [6.07, 6.45) is 3.50. The number of nitrogens with zero attached hydrogens (tertiary/aromatic N) is 6. The Balaban J connectivity index is 0.000000194. The van der Waals surface area contributed by atoms with Crippen LogP contribution in [0, 0.1) is 27.7 Å². The van der Waals surface area contributed by atoms with Crippen molar-refractivity contribution in [1.29, 1.82) is 0 Å². The largest absolute Gasteiger partial charge is 0.497 e. The smallest absolute Gasteiger partial charge is 0.200 e. The van der Waals surface area contributed by atoms with E-state index in [2.05, 4.69) is 19.9 Å². The SMILES string of the molecule is COc1ccc2c(c1)nc([S@@](=O)Cc1ncc(C)c(OC)c1C)n2C.COc1ccc2nc([S@@](=O)Cc3ncc(C)c(OC)c3C)n(C)c2c1. The van der Waals surface area contributed by atoms with Crippen LogP contribution in [0.1, 0.15) is 33.6 Å². The van der Waals surface area contributed by atoms with Crippen LogP contribution in [0.4, 0.5) is 0 Å². The Labute approximate surface area is 296 Å². The Hall–Kier alpha value is -4.82. The van der Waals surface area contributed by atoms with Crippen molar-refractivity contribution in [3.63, 3.8) is 0 Å². The fourth-order valence-corrected chi connectivity index (χ4v) is 8.32. The van der Waals surface area contributed by atoms with E-state index in [0.717, 1.165) is 78.7 Å². The lowest BCUT2D eigenvalue weighted by Gasteiger charge is -2.12. The molecule has 4 heterocycles. The van der Waals surface area contributed by atoms with Crippen LogP contribution in [0.5, 0.6) is 23.0 Å². The van der Waals surface area contributed by atoms with Gasteiger partial charge in [-0.25, -0.2) is 9.97 Å². The van der Waals surface area contributed by atoms with Gasteiger partial charge in [-0.3, -0.25) is 18.4 Å². The summed E-state index contributed by atoms with van der Waals surface area (Å²) in [7, 11) is 7.58. The van der Waals surface area contributed by atoms with E-state index in [9.17, 15) is 8.42 Å². The molecule has 0 N–H and O–H groups in total. The van der Waals surface area contributed by atoms with Gasteiger partial charge < -0.3 is 28.1 Å². The van der Waals surface area contributed by atoms with Crippen LogP contribution in [0.3, 0.4) is 0 Å².